The van der Waals surface area contributed by atoms with Gasteiger partial charge in [-0.05, 0) is 67.2 Å². The molecule has 0 aliphatic rings. The molecule has 0 spiro atoms. The molecule has 0 aromatic heterocycles. The Labute approximate surface area is 377 Å². The van der Waals surface area contributed by atoms with E-state index in [1.54, 1.807) is 41.5 Å². The van der Waals surface area contributed by atoms with Crippen LogP contribution in [0, 0.1) is 0 Å². The summed E-state index contributed by atoms with van der Waals surface area (Å²) in [7, 11) is 4.09. The Morgan fingerprint density at radius 3 is 0.914 bits per heavy atom. The first-order valence-electron chi connectivity index (χ1n) is 21.0. The van der Waals surface area contributed by atoms with Gasteiger partial charge >= 0.3 is 26.2 Å². The van der Waals surface area contributed by atoms with Crippen molar-refractivity contribution >= 4 is 11.4 Å². The summed E-state index contributed by atoms with van der Waals surface area (Å²) in [5, 5.41) is 47.6. The Bertz CT molecular complexity index is 1520. The predicted octanol–water partition coefficient (Wildman–Crippen LogP) is 10.8. The van der Waals surface area contributed by atoms with E-state index in [0.29, 0.717) is 13.1 Å². The second kappa shape index (κ2) is 23.0. The molecule has 3 rings (SSSR count). The fraction of sp³-hybridized carbons (Fsp3) is 0.647. The van der Waals surface area contributed by atoms with Gasteiger partial charge in [-0.1, -0.05) is 194 Å². The van der Waals surface area contributed by atoms with E-state index in [2.05, 4.69) is 143 Å². The van der Waals surface area contributed by atoms with Gasteiger partial charge in [0.25, 0.3) is 0 Å². The van der Waals surface area contributed by atoms with Gasteiger partial charge in [0, 0.05) is 27.2 Å². The number of benzene rings is 3. The SMILES string of the molecule is CC(C)(C)[O-].CC(C)(C)[O-].CCCCC.CN(Cc1cc(C(C)(C)C)cc(C(C)(C)C)c1[O-])c1ccccc1N(C)Cc1cc(C(C)(C)C)cc(C(C)(C)C)c1[O-].[Zr+4]. The van der Waals surface area contributed by atoms with E-state index in [1.165, 1.54) is 30.4 Å². The summed E-state index contributed by atoms with van der Waals surface area (Å²) in [6.45, 7) is 41.0. The standard InChI is InChI=1S/C38H56N2O2.C5H12.2C4H9O.Zr/c1-35(2,3)27-19-25(33(41)29(21-27)37(7,8)9)23-39(13)31-17-15-16-18-32(31)40(14)24-26-20-28(36(4,5)6)22-30(34(26)42)38(10,11)12;1-3-5-4-2;2*1-4(2,3)5;/h15-22,41-42H,23-24H2,1-14H3;3-5H2,1-2H3;2*1-3H3;/q;;2*-1;+4/p-2. The van der Waals surface area contributed by atoms with Gasteiger partial charge in [-0.2, -0.15) is 0 Å². The van der Waals surface area contributed by atoms with Gasteiger partial charge in [-0.3, -0.25) is 0 Å². The topological polar surface area (TPSA) is 98.7 Å². The summed E-state index contributed by atoms with van der Waals surface area (Å²) in [4.78, 5) is 4.32. The molecular weight excluding hydrogens is 796 g/mol. The quantitative estimate of drug-likeness (QED) is 0.223. The second-order valence-electron chi connectivity index (χ2n) is 21.8. The zero-order valence-electron chi connectivity index (χ0n) is 41.2. The van der Waals surface area contributed by atoms with Crippen molar-refractivity contribution in [1.82, 2.24) is 0 Å². The van der Waals surface area contributed by atoms with E-state index in [0.717, 1.165) is 33.6 Å². The van der Waals surface area contributed by atoms with Crippen LogP contribution >= 0.6 is 0 Å². The monoisotopic (exact) mass is 879 g/mol. The maximum absolute atomic E-state index is 13.7. The van der Waals surface area contributed by atoms with Gasteiger partial charge < -0.3 is 30.2 Å². The summed E-state index contributed by atoms with van der Waals surface area (Å²) < 4.78 is 0. The normalized spacial score (nSPS) is 12.1. The van der Waals surface area contributed by atoms with E-state index in [9.17, 15) is 20.4 Å². The molecule has 0 fully saturated rings. The van der Waals surface area contributed by atoms with Gasteiger partial charge in [0.2, 0.25) is 0 Å². The minimum Gasteiger partial charge on any atom is -0.872 e. The minimum absolute atomic E-state index is 0. The van der Waals surface area contributed by atoms with E-state index in [4.69, 9.17) is 0 Å². The first-order valence-corrected chi connectivity index (χ1v) is 21.0. The van der Waals surface area contributed by atoms with Crippen molar-refractivity contribution in [3.05, 3.63) is 81.9 Å². The molecule has 3 aromatic rings. The Balaban J connectivity index is 0. The van der Waals surface area contributed by atoms with Crippen molar-refractivity contribution in [2.45, 2.75) is 204 Å². The molecule has 6 nitrogen and oxygen atoms in total. The average Bonchev–Trinajstić information content (AvgIpc) is 2.99. The molecule has 0 aliphatic heterocycles. The van der Waals surface area contributed by atoms with E-state index < -0.39 is 11.2 Å². The molecule has 0 aliphatic carbocycles. The third kappa shape index (κ3) is 21.8. The summed E-state index contributed by atoms with van der Waals surface area (Å²) in [6.07, 6.45) is 4.08. The molecule has 58 heavy (non-hydrogen) atoms. The molecule has 0 saturated heterocycles. The van der Waals surface area contributed by atoms with Gasteiger partial charge in [0.05, 0.1) is 11.4 Å². The van der Waals surface area contributed by atoms with Crippen molar-refractivity contribution in [2.75, 3.05) is 23.9 Å². The number of hydrogen-bond donors (Lipinski definition) is 0. The van der Waals surface area contributed by atoms with Gasteiger partial charge in [0.15, 0.2) is 0 Å². The maximum atomic E-state index is 13.7. The third-order valence-electron chi connectivity index (χ3n) is 8.91. The third-order valence-corrected chi connectivity index (χ3v) is 8.91. The number of anilines is 2. The largest absolute Gasteiger partial charge is 4.00 e. The number of unbranched alkanes of at least 4 members (excludes halogenated alkanes) is 2. The summed E-state index contributed by atoms with van der Waals surface area (Å²) in [5.41, 5.74) is 5.62. The first-order chi connectivity index (χ1) is 25.4. The van der Waals surface area contributed by atoms with Gasteiger partial charge in [-0.25, -0.2) is 0 Å². The van der Waals surface area contributed by atoms with Gasteiger partial charge in [0.1, 0.15) is 0 Å². The minimum atomic E-state index is -0.750. The molecule has 326 valence electrons. The van der Waals surface area contributed by atoms with Crippen LogP contribution in [-0.2, 0) is 61.0 Å². The summed E-state index contributed by atoms with van der Waals surface area (Å²) in [6, 6.07) is 16.6. The van der Waals surface area contributed by atoms with Crippen LogP contribution in [0.25, 0.3) is 0 Å². The van der Waals surface area contributed by atoms with Crippen molar-refractivity contribution in [3.8, 4) is 11.5 Å². The molecule has 0 N–H and O–H groups in total. The molecule has 0 amide bonds. The molecule has 0 bridgehead atoms. The molecule has 3 aromatic carbocycles. The Morgan fingerprint density at radius 2 is 0.724 bits per heavy atom. The van der Waals surface area contributed by atoms with Crippen LogP contribution < -0.4 is 30.2 Å². The van der Waals surface area contributed by atoms with Crippen LogP contribution in [0.15, 0.2) is 48.5 Å². The van der Waals surface area contributed by atoms with Crippen molar-refractivity contribution in [2.24, 2.45) is 0 Å². The second-order valence-corrected chi connectivity index (χ2v) is 21.8. The Kier molecular flexibility index (Phi) is 22.9. The fourth-order valence-corrected chi connectivity index (χ4v) is 5.74. The predicted molar refractivity (Wildman–Crippen MR) is 242 cm³/mol. The van der Waals surface area contributed by atoms with Crippen LogP contribution in [0.2, 0.25) is 0 Å². The maximum Gasteiger partial charge on any atom is 4.00 e. The smallest absolute Gasteiger partial charge is 0.872 e. The number of para-hydroxylation sites is 2. The zero-order chi connectivity index (χ0) is 45.1. The molecule has 0 heterocycles. The number of nitrogens with zero attached hydrogens (tertiary/aromatic N) is 2. The van der Waals surface area contributed by atoms with Crippen molar-refractivity contribution in [1.29, 1.82) is 0 Å². The van der Waals surface area contributed by atoms with Crippen molar-refractivity contribution < 1.29 is 46.6 Å². The van der Waals surface area contributed by atoms with Crippen LogP contribution in [0.3, 0.4) is 0 Å². The average molecular weight is 880 g/mol. The molecule has 0 atom stereocenters. The summed E-state index contributed by atoms with van der Waals surface area (Å²) in [5.74, 6) is 0.246. The summed E-state index contributed by atoms with van der Waals surface area (Å²) >= 11 is 0. The van der Waals surface area contributed by atoms with E-state index >= 15 is 0 Å². The van der Waals surface area contributed by atoms with E-state index in [1.807, 2.05) is 26.2 Å². The fourth-order valence-electron chi connectivity index (χ4n) is 5.74. The molecule has 0 saturated carbocycles. The Hall–Kier alpha value is -2.34. The molecule has 0 radical (unpaired) electrons. The molecule has 7 heteroatoms. The zero-order valence-corrected chi connectivity index (χ0v) is 43.6. The van der Waals surface area contributed by atoms with Crippen molar-refractivity contribution in [3.63, 3.8) is 0 Å². The molecular formula is C51H84N2O4Zr. The van der Waals surface area contributed by atoms with Crippen LogP contribution in [0.5, 0.6) is 11.5 Å². The number of rotatable bonds is 8. The first kappa shape index (κ1) is 57.8. The Morgan fingerprint density at radius 1 is 0.466 bits per heavy atom. The van der Waals surface area contributed by atoms with Crippen LogP contribution in [0.1, 0.15) is 191 Å². The van der Waals surface area contributed by atoms with E-state index in [-0.39, 0.29) is 59.4 Å². The molecule has 0 unspecified atom stereocenters. The van der Waals surface area contributed by atoms with Crippen LogP contribution in [-0.4, -0.2) is 25.3 Å². The number of hydrogen-bond acceptors (Lipinski definition) is 6. The van der Waals surface area contributed by atoms with Crippen LogP contribution in [0.4, 0.5) is 11.4 Å². The van der Waals surface area contributed by atoms with Gasteiger partial charge in [-0.15, -0.1) is 22.7 Å².